The van der Waals surface area contributed by atoms with E-state index >= 15 is 0 Å². The molecule has 0 aliphatic carbocycles. The molecule has 0 aromatic heterocycles. The highest BCUT2D eigenvalue weighted by molar-refractivity contribution is 7.58. The minimum absolute atomic E-state index is 0.196. The lowest BCUT2D eigenvalue weighted by Crippen LogP contribution is -2.04. The molecule has 0 N–H and O–H groups in total. The van der Waals surface area contributed by atoms with Gasteiger partial charge in [-0.05, 0) is 30.7 Å². The van der Waals surface area contributed by atoms with Crippen LogP contribution in [0.15, 0.2) is 42.5 Å². The van der Waals surface area contributed by atoms with Crippen molar-refractivity contribution in [3.63, 3.8) is 0 Å². The van der Waals surface area contributed by atoms with Crippen LogP contribution in [0.25, 0.3) is 0 Å². The van der Waals surface area contributed by atoms with E-state index in [1.54, 1.807) is 0 Å². The molecular formula is C15H21P. The van der Waals surface area contributed by atoms with Crippen LogP contribution < -0.4 is 0 Å². The van der Waals surface area contributed by atoms with Crippen LogP contribution in [0, 0.1) is 0 Å². The minimum Gasteiger partial charge on any atom is -0.0947 e. The molecule has 86 valence electrons. The highest BCUT2D eigenvalue weighted by atomic mass is 31.1. The van der Waals surface area contributed by atoms with Gasteiger partial charge in [0, 0.05) is 5.66 Å². The zero-order valence-electron chi connectivity index (χ0n) is 10.1. The second-order valence-corrected chi connectivity index (χ2v) is 7.09. The van der Waals surface area contributed by atoms with Crippen molar-refractivity contribution in [2.75, 3.05) is 12.3 Å². The van der Waals surface area contributed by atoms with Crippen molar-refractivity contribution in [3.05, 3.63) is 48.0 Å². The summed E-state index contributed by atoms with van der Waals surface area (Å²) in [6, 6.07) is 11.0. The molecule has 16 heavy (non-hydrogen) atoms. The molecule has 0 saturated carbocycles. The summed E-state index contributed by atoms with van der Waals surface area (Å²) < 4.78 is 0. The van der Waals surface area contributed by atoms with Gasteiger partial charge in [-0.25, -0.2) is 0 Å². The van der Waals surface area contributed by atoms with Crippen LogP contribution in [0.3, 0.4) is 0 Å². The second-order valence-electron chi connectivity index (χ2n) is 4.46. The fourth-order valence-corrected chi connectivity index (χ4v) is 5.25. The zero-order valence-corrected chi connectivity index (χ0v) is 11.0. The Balaban J connectivity index is 2.10. The molecule has 2 unspecified atom stereocenters. The van der Waals surface area contributed by atoms with Gasteiger partial charge in [0.25, 0.3) is 0 Å². The number of unbranched alkanes of at least 4 members (excludes halogenated alkanes) is 1. The van der Waals surface area contributed by atoms with Crippen LogP contribution in [0.1, 0.15) is 37.4 Å². The topological polar surface area (TPSA) is 0 Å². The molecular weight excluding hydrogens is 211 g/mol. The maximum absolute atomic E-state index is 2.46. The number of hydrogen-bond donors (Lipinski definition) is 0. The van der Waals surface area contributed by atoms with Crippen molar-refractivity contribution < 1.29 is 0 Å². The molecule has 1 heteroatoms. The van der Waals surface area contributed by atoms with E-state index in [-0.39, 0.29) is 7.92 Å². The molecule has 0 spiro atoms. The third-order valence-electron chi connectivity index (χ3n) is 3.23. The van der Waals surface area contributed by atoms with Gasteiger partial charge in [0.05, 0.1) is 0 Å². The third-order valence-corrected chi connectivity index (χ3v) is 6.22. The van der Waals surface area contributed by atoms with E-state index in [2.05, 4.69) is 49.4 Å². The van der Waals surface area contributed by atoms with Crippen LogP contribution in [0.4, 0.5) is 0 Å². The normalized spacial score (nSPS) is 24.6. The Bertz CT molecular complexity index is 329. The van der Waals surface area contributed by atoms with Gasteiger partial charge in [-0.1, -0.05) is 63.8 Å². The Hall–Kier alpha value is -0.610. The van der Waals surface area contributed by atoms with E-state index in [0.717, 1.165) is 5.66 Å². The number of allylic oxidation sites excluding steroid dienone is 2. The van der Waals surface area contributed by atoms with Crippen molar-refractivity contribution in [3.8, 4) is 0 Å². The lowest BCUT2D eigenvalue weighted by Gasteiger charge is -2.28. The first-order chi connectivity index (χ1) is 7.92. The van der Waals surface area contributed by atoms with Gasteiger partial charge >= 0.3 is 0 Å². The van der Waals surface area contributed by atoms with E-state index in [0.29, 0.717) is 0 Å². The largest absolute Gasteiger partial charge is 0.0947 e. The molecule has 0 radical (unpaired) electrons. The zero-order chi connectivity index (χ0) is 11.2. The standard InChI is InChI=1S/C15H21P/c1-2-3-12-16-13-8-7-11-15(16)14-9-5-4-6-10-14/h4-7,9-11,15H,2-3,8,12-13H2,1H3. The molecule has 2 rings (SSSR count). The lowest BCUT2D eigenvalue weighted by molar-refractivity contribution is 0.881. The Kier molecular flexibility index (Phi) is 4.60. The van der Waals surface area contributed by atoms with Gasteiger partial charge in [-0.2, -0.15) is 0 Å². The Labute approximate surface area is 101 Å². The smallest absolute Gasteiger partial charge is 0.0221 e. The predicted octanol–water partition coefficient (Wildman–Crippen LogP) is 4.97. The van der Waals surface area contributed by atoms with Gasteiger partial charge in [0.2, 0.25) is 0 Å². The monoisotopic (exact) mass is 232 g/mol. The fourth-order valence-electron chi connectivity index (χ4n) is 2.31. The first-order valence-corrected chi connectivity index (χ1v) is 8.15. The van der Waals surface area contributed by atoms with Crippen molar-refractivity contribution in [1.29, 1.82) is 0 Å². The lowest BCUT2D eigenvalue weighted by atomic mass is 10.1. The summed E-state index contributed by atoms with van der Waals surface area (Å²) >= 11 is 0. The first kappa shape index (κ1) is 11.9. The van der Waals surface area contributed by atoms with Crippen LogP contribution in [0.5, 0.6) is 0 Å². The summed E-state index contributed by atoms with van der Waals surface area (Å²) in [5.41, 5.74) is 2.26. The Morgan fingerprint density at radius 2 is 2.06 bits per heavy atom. The highest BCUT2D eigenvalue weighted by Gasteiger charge is 2.21. The maximum atomic E-state index is 2.46. The predicted molar refractivity (Wildman–Crippen MR) is 74.5 cm³/mol. The van der Waals surface area contributed by atoms with Crippen LogP contribution in [0.2, 0.25) is 0 Å². The van der Waals surface area contributed by atoms with Crippen LogP contribution in [-0.4, -0.2) is 12.3 Å². The molecule has 1 aromatic carbocycles. The number of hydrogen-bond acceptors (Lipinski definition) is 0. The number of rotatable bonds is 4. The van der Waals surface area contributed by atoms with Crippen molar-refractivity contribution in [2.45, 2.75) is 31.8 Å². The van der Waals surface area contributed by atoms with Crippen molar-refractivity contribution in [2.24, 2.45) is 0 Å². The average molecular weight is 232 g/mol. The Morgan fingerprint density at radius 1 is 1.25 bits per heavy atom. The molecule has 0 amide bonds. The summed E-state index contributed by atoms with van der Waals surface area (Å²) in [5, 5.41) is 0. The van der Waals surface area contributed by atoms with Gasteiger partial charge < -0.3 is 0 Å². The molecule has 1 aliphatic heterocycles. The summed E-state index contributed by atoms with van der Waals surface area (Å²) in [6.45, 7) is 2.30. The molecule has 1 aliphatic rings. The minimum atomic E-state index is 0.196. The molecule has 1 heterocycles. The fraction of sp³-hybridized carbons (Fsp3) is 0.467. The van der Waals surface area contributed by atoms with Gasteiger partial charge in [-0.15, -0.1) is 0 Å². The van der Waals surface area contributed by atoms with Crippen LogP contribution >= 0.6 is 7.92 Å². The molecule has 1 aromatic rings. The SMILES string of the molecule is CCCCP1CCC=CC1c1ccccc1. The third kappa shape index (κ3) is 2.95. The van der Waals surface area contributed by atoms with E-state index < -0.39 is 0 Å². The summed E-state index contributed by atoms with van der Waals surface area (Å²) in [7, 11) is 0.196. The summed E-state index contributed by atoms with van der Waals surface area (Å²) in [4.78, 5) is 0. The quantitative estimate of drug-likeness (QED) is 0.508. The van der Waals surface area contributed by atoms with Crippen LogP contribution in [-0.2, 0) is 0 Å². The van der Waals surface area contributed by atoms with E-state index in [4.69, 9.17) is 0 Å². The second kappa shape index (κ2) is 6.21. The van der Waals surface area contributed by atoms with Gasteiger partial charge in [-0.3, -0.25) is 0 Å². The molecule has 0 bridgehead atoms. The van der Waals surface area contributed by atoms with Gasteiger partial charge in [0.15, 0.2) is 0 Å². The van der Waals surface area contributed by atoms with E-state index in [9.17, 15) is 0 Å². The average Bonchev–Trinajstić information content (AvgIpc) is 2.38. The van der Waals surface area contributed by atoms with E-state index in [1.165, 1.54) is 37.1 Å². The van der Waals surface area contributed by atoms with Crippen molar-refractivity contribution in [1.82, 2.24) is 0 Å². The number of benzene rings is 1. The summed E-state index contributed by atoms with van der Waals surface area (Å²) in [5.74, 6) is 0. The van der Waals surface area contributed by atoms with E-state index in [1.807, 2.05) is 0 Å². The maximum Gasteiger partial charge on any atom is 0.0221 e. The molecule has 0 saturated heterocycles. The highest BCUT2D eigenvalue weighted by Crippen LogP contribution is 2.54. The summed E-state index contributed by atoms with van der Waals surface area (Å²) in [6.07, 6.45) is 11.8. The molecule has 2 atom stereocenters. The van der Waals surface area contributed by atoms with Gasteiger partial charge in [0.1, 0.15) is 0 Å². The molecule has 0 nitrogen and oxygen atoms in total. The molecule has 0 fully saturated rings. The first-order valence-electron chi connectivity index (χ1n) is 6.37. The van der Waals surface area contributed by atoms with Crippen molar-refractivity contribution >= 4 is 7.92 Å². The Morgan fingerprint density at radius 3 is 2.81 bits per heavy atom.